The molecule has 3 amide bonds. The van der Waals surface area contributed by atoms with Crippen LogP contribution < -0.4 is 10.6 Å². The van der Waals surface area contributed by atoms with Gasteiger partial charge in [-0.2, -0.15) is 0 Å². The summed E-state index contributed by atoms with van der Waals surface area (Å²) >= 11 is 1.23. The van der Waals surface area contributed by atoms with Crippen LogP contribution in [-0.2, 0) is 4.79 Å². The molecular weight excluding hydrogens is 324 g/mol. The molecule has 0 fully saturated rings. The molecule has 1 aromatic heterocycles. The van der Waals surface area contributed by atoms with Gasteiger partial charge < -0.3 is 5.32 Å². The fraction of sp³-hybridized carbons (Fsp3) is 0.294. The maximum Gasteiger partial charge on any atom is 0.321 e. The highest BCUT2D eigenvalue weighted by atomic mass is 32.2. The first kappa shape index (κ1) is 17.9. The summed E-state index contributed by atoms with van der Waals surface area (Å²) < 4.78 is 0. The number of imide groups is 1. The molecule has 1 atom stereocenters. The van der Waals surface area contributed by atoms with Crippen LogP contribution in [0.15, 0.2) is 35.5 Å². The van der Waals surface area contributed by atoms with Crippen LogP contribution in [0.2, 0.25) is 0 Å². The molecular formula is C17H20N4O2S. The minimum Gasteiger partial charge on any atom is -0.341 e. The van der Waals surface area contributed by atoms with Crippen molar-refractivity contribution in [1.82, 2.24) is 20.6 Å². The first-order valence-corrected chi connectivity index (χ1v) is 8.36. The number of carbonyl (C=O) groups is 2. The first-order valence-electron chi connectivity index (χ1n) is 7.48. The van der Waals surface area contributed by atoms with Gasteiger partial charge in [-0.15, -0.1) is 0 Å². The number of hydrogen-bond donors (Lipinski definition) is 2. The molecule has 0 radical (unpaired) electrons. The summed E-state index contributed by atoms with van der Waals surface area (Å²) in [5.41, 5.74) is 3.57. The van der Waals surface area contributed by atoms with Gasteiger partial charge in [0.2, 0.25) is 5.91 Å². The van der Waals surface area contributed by atoms with Crippen molar-refractivity contribution in [3.63, 3.8) is 0 Å². The van der Waals surface area contributed by atoms with E-state index in [1.807, 2.05) is 51.1 Å². The lowest BCUT2D eigenvalue weighted by Gasteiger charge is -2.16. The average molecular weight is 344 g/mol. The molecule has 2 aromatic rings. The van der Waals surface area contributed by atoms with Crippen molar-refractivity contribution in [2.75, 3.05) is 7.05 Å². The van der Waals surface area contributed by atoms with Crippen molar-refractivity contribution in [3.8, 4) is 0 Å². The summed E-state index contributed by atoms with van der Waals surface area (Å²) in [7, 11) is 1.46. The largest absolute Gasteiger partial charge is 0.341 e. The molecule has 2 N–H and O–H groups in total. The molecule has 6 nitrogen and oxygen atoms in total. The minimum atomic E-state index is -0.620. The summed E-state index contributed by atoms with van der Waals surface area (Å²) in [5, 5.41) is 4.59. The van der Waals surface area contributed by atoms with Crippen LogP contribution in [0, 0.1) is 20.8 Å². The van der Waals surface area contributed by atoms with E-state index in [1.165, 1.54) is 18.8 Å². The maximum absolute atomic E-state index is 12.5. The predicted octanol–water partition coefficient (Wildman–Crippen LogP) is 2.69. The number of aryl methyl sites for hydroxylation is 2. The summed E-state index contributed by atoms with van der Waals surface area (Å²) in [6.07, 6.45) is 0. The van der Waals surface area contributed by atoms with Gasteiger partial charge in [-0.1, -0.05) is 42.1 Å². The first-order chi connectivity index (χ1) is 11.4. The van der Waals surface area contributed by atoms with Gasteiger partial charge in [-0.3, -0.25) is 10.1 Å². The number of amides is 3. The zero-order valence-electron chi connectivity index (χ0n) is 14.1. The Bertz CT molecular complexity index is 727. The van der Waals surface area contributed by atoms with Gasteiger partial charge >= 0.3 is 6.03 Å². The quantitative estimate of drug-likeness (QED) is 0.658. The van der Waals surface area contributed by atoms with E-state index in [4.69, 9.17) is 0 Å². The minimum absolute atomic E-state index is 0.412. The third-order valence-corrected chi connectivity index (χ3v) is 4.75. The number of thioether (sulfide) groups is 1. The smallest absolute Gasteiger partial charge is 0.321 e. The Kier molecular flexibility index (Phi) is 5.92. The Hall–Kier alpha value is -2.41. The second-order valence-corrected chi connectivity index (χ2v) is 6.35. The van der Waals surface area contributed by atoms with Crippen LogP contribution >= 0.6 is 11.8 Å². The summed E-state index contributed by atoms with van der Waals surface area (Å²) in [4.78, 5) is 32.9. The molecule has 0 saturated heterocycles. The molecule has 2 rings (SSSR count). The Labute approximate surface area is 145 Å². The lowest BCUT2D eigenvalue weighted by atomic mass is 10.1. The molecule has 0 aliphatic heterocycles. The van der Waals surface area contributed by atoms with E-state index in [9.17, 15) is 9.59 Å². The molecule has 7 heteroatoms. The number of benzene rings is 1. The number of aromatic nitrogens is 2. The van der Waals surface area contributed by atoms with Crippen molar-refractivity contribution in [2.24, 2.45) is 0 Å². The van der Waals surface area contributed by atoms with Crippen LogP contribution in [0.25, 0.3) is 0 Å². The van der Waals surface area contributed by atoms with E-state index >= 15 is 0 Å². The predicted molar refractivity (Wildman–Crippen MR) is 93.9 cm³/mol. The van der Waals surface area contributed by atoms with Gasteiger partial charge in [0, 0.05) is 18.4 Å². The Balaban J connectivity index is 2.33. The average Bonchev–Trinajstić information content (AvgIpc) is 2.57. The molecule has 24 heavy (non-hydrogen) atoms. The van der Waals surface area contributed by atoms with E-state index in [1.54, 1.807) is 0 Å². The normalized spacial score (nSPS) is 11.7. The van der Waals surface area contributed by atoms with Crippen molar-refractivity contribution in [2.45, 2.75) is 31.2 Å². The Morgan fingerprint density at radius 2 is 1.62 bits per heavy atom. The van der Waals surface area contributed by atoms with Gasteiger partial charge in [0.15, 0.2) is 5.16 Å². The Morgan fingerprint density at radius 3 is 2.17 bits per heavy atom. The van der Waals surface area contributed by atoms with E-state index in [-0.39, 0.29) is 0 Å². The maximum atomic E-state index is 12.5. The van der Waals surface area contributed by atoms with Crippen LogP contribution in [0.4, 0.5) is 4.79 Å². The molecule has 0 spiro atoms. The zero-order chi connectivity index (χ0) is 17.7. The number of rotatable bonds is 4. The highest BCUT2D eigenvalue weighted by molar-refractivity contribution is 8.00. The number of carbonyl (C=O) groups excluding carboxylic acids is 2. The third kappa shape index (κ3) is 4.32. The zero-order valence-corrected chi connectivity index (χ0v) is 14.9. The highest BCUT2D eigenvalue weighted by Gasteiger charge is 2.25. The Morgan fingerprint density at radius 1 is 1.04 bits per heavy atom. The van der Waals surface area contributed by atoms with Crippen LogP contribution in [0.5, 0.6) is 0 Å². The van der Waals surface area contributed by atoms with E-state index in [0.717, 1.165) is 22.5 Å². The van der Waals surface area contributed by atoms with Gasteiger partial charge in [0.25, 0.3) is 0 Å². The molecule has 126 valence electrons. The topological polar surface area (TPSA) is 84.0 Å². The van der Waals surface area contributed by atoms with Crippen LogP contribution in [0.1, 0.15) is 27.8 Å². The third-order valence-electron chi connectivity index (χ3n) is 3.64. The van der Waals surface area contributed by atoms with E-state index in [0.29, 0.717) is 5.16 Å². The van der Waals surface area contributed by atoms with Crippen molar-refractivity contribution in [3.05, 3.63) is 52.8 Å². The highest BCUT2D eigenvalue weighted by Crippen LogP contribution is 2.34. The van der Waals surface area contributed by atoms with Gasteiger partial charge in [-0.25, -0.2) is 14.8 Å². The molecule has 1 aromatic carbocycles. The molecule has 0 unspecified atom stereocenters. The second-order valence-electron chi connectivity index (χ2n) is 5.28. The monoisotopic (exact) mass is 344 g/mol. The lowest BCUT2D eigenvalue weighted by Crippen LogP contribution is -2.39. The molecule has 1 heterocycles. The van der Waals surface area contributed by atoms with Gasteiger partial charge in [-0.05, 0) is 31.9 Å². The molecule has 0 aliphatic carbocycles. The molecule has 0 aliphatic rings. The lowest BCUT2D eigenvalue weighted by molar-refractivity contribution is -0.119. The fourth-order valence-corrected chi connectivity index (χ4v) is 3.09. The standard InChI is InChI=1S/C17H20N4O2S/c1-10-11(2)19-17(20-12(10)3)24-14(13-8-6-5-7-9-13)15(22)21-16(23)18-4/h5-9,14H,1-4H3,(H2,18,21,22,23)/t14-/m1/s1. The number of urea groups is 1. The van der Waals surface area contributed by atoms with Crippen molar-refractivity contribution in [1.29, 1.82) is 0 Å². The number of hydrogen-bond acceptors (Lipinski definition) is 5. The van der Waals surface area contributed by atoms with Crippen LogP contribution in [0.3, 0.4) is 0 Å². The summed E-state index contributed by atoms with van der Waals surface area (Å²) in [6.45, 7) is 5.79. The van der Waals surface area contributed by atoms with Crippen molar-refractivity contribution >= 4 is 23.7 Å². The number of nitrogens with zero attached hydrogens (tertiary/aromatic N) is 2. The van der Waals surface area contributed by atoms with E-state index in [2.05, 4.69) is 20.6 Å². The fourth-order valence-electron chi connectivity index (χ4n) is 2.04. The summed E-state index contributed by atoms with van der Waals surface area (Å²) in [5.74, 6) is -0.412. The molecule has 0 bridgehead atoms. The SMILES string of the molecule is CNC(=O)NC(=O)[C@H](Sc1nc(C)c(C)c(C)n1)c1ccccc1. The second kappa shape index (κ2) is 7.92. The van der Waals surface area contributed by atoms with Gasteiger partial charge in [0.1, 0.15) is 5.25 Å². The van der Waals surface area contributed by atoms with Gasteiger partial charge in [0.05, 0.1) is 0 Å². The van der Waals surface area contributed by atoms with Crippen LogP contribution in [-0.4, -0.2) is 29.0 Å². The summed E-state index contributed by atoms with van der Waals surface area (Å²) in [6, 6.07) is 8.71. The molecule has 0 saturated carbocycles. The van der Waals surface area contributed by atoms with E-state index < -0.39 is 17.2 Å². The number of nitrogens with one attached hydrogen (secondary N) is 2. The van der Waals surface area contributed by atoms with Crippen molar-refractivity contribution < 1.29 is 9.59 Å².